The predicted octanol–water partition coefficient (Wildman–Crippen LogP) is 0.281. The molecule has 13 heavy (non-hydrogen) atoms. The normalized spacial score (nSPS) is 28.6. The van der Waals surface area contributed by atoms with Crippen LogP contribution in [-0.4, -0.2) is 30.6 Å². The minimum absolute atomic E-state index is 0.187. The van der Waals surface area contributed by atoms with Crippen LogP contribution in [0.2, 0.25) is 0 Å². The first-order chi connectivity index (χ1) is 6.17. The number of carbonyl (C=O) groups is 2. The Morgan fingerprint density at radius 2 is 2.31 bits per heavy atom. The van der Waals surface area contributed by atoms with Crippen molar-refractivity contribution < 1.29 is 19.4 Å². The minimum atomic E-state index is -1.26. The van der Waals surface area contributed by atoms with Gasteiger partial charge < -0.3 is 9.84 Å². The molecule has 1 aliphatic rings. The Hall–Kier alpha value is -0.900. The van der Waals surface area contributed by atoms with Crippen LogP contribution in [0, 0.1) is 5.41 Å². The van der Waals surface area contributed by atoms with Gasteiger partial charge in [-0.2, -0.15) is 0 Å². The molecule has 0 heterocycles. The zero-order valence-electron chi connectivity index (χ0n) is 7.71. The Labute approximate surface area is 76.9 Å². The molecule has 1 rings (SSSR count). The molecule has 74 valence electrons. The predicted molar refractivity (Wildman–Crippen MR) is 45.0 cm³/mol. The molecular formula is C9H14O4. The first-order valence-corrected chi connectivity index (χ1v) is 4.40. The number of rotatable bonds is 2. The van der Waals surface area contributed by atoms with Crippen LogP contribution in [-0.2, 0) is 14.3 Å². The number of ether oxygens (including phenoxy) is 1. The fourth-order valence-corrected chi connectivity index (χ4v) is 1.73. The molecule has 0 aromatic heterocycles. The second-order valence-corrected chi connectivity index (χ2v) is 3.36. The molecular weight excluding hydrogens is 172 g/mol. The fraction of sp³-hybridized carbons (Fsp3) is 0.778. The minimum Gasteiger partial charge on any atom is -0.468 e. The van der Waals surface area contributed by atoms with E-state index < -0.39 is 18.0 Å². The van der Waals surface area contributed by atoms with Gasteiger partial charge in [-0.25, -0.2) is 0 Å². The molecule has 0 spiro atoms. The second kappa shape index (κ2) is 3.87. The molecule has 1 aliphatic carbocycles. The summed E-state index contributed by atoms with van der Waals surface area (Å²) in [6.45, 7) is -0.432. The summed E-state index contributed by atoms with van der Waals surface area (Å²) in [6.07, 6.45) is 2.38. The number of hydrogen-bond donors (Lipinski definition) is 1. The van der Waals surface area contributed by atoms with Gasteiger partial charge >= 0.3 is 5.97 Å². The molecule has 0 aromatic carbocycles. The number of ketones is 1. The van der Waals surface area contributed by atoms with E-state index in [0.717, 1.165) is 12.8 Å². The summed E-state index contributed by atoms with van der Waals surface area (Å²) < 4.78 is 4.53. The van der Waals surface area contributed by atoms with E-state index in [2.05, 4.69) is 4.74 Å². The van der Waals surface area contributed by atoms with Gasteiger partial charge in [-0.15, -0.1) is 0 Å². The van der Waals surface area contributed by atoms with Crippen molar-refractivity contribution >= 4 is 11.8 Å². The third kappa shape index (κ3) is 1.58. The largest absolute Gasteiger partial charge is 0.468 e. The Kier molecular flexibility index (Phi) is 3.03. The molecule has 4 heteroatoms. The highest BCUT2D eigenvalue weighted by Crippen LogP contribution is 2.33. The van der Waals surface area contributed by atoms with Crippen molar-refractivity contribution in [2.24, 2.45) is 5.41 Å². The summed E-state index contributed by atoms with van der Waals surface area (Å²) in [7, 11) is 1.24. The Balaban J connectivity index is 2.88. The van der Waals surface area contributed by atoms with Crippen LogP contribution in [0.1, 0.15) is 25.7 Å². The monoisotopic (exact) mass is 186 g/mol. The van der Waals surface area contributed by atoms with Gasteiger partial charge in [-0.3, -0.25) is 9.59 Å². The van der Waals surface area contributed by atoms with Crippen LogP contribution < -0.4 is 0 Å². The molecule has 0 aliphatic heterocycles. The van der Waals surface area contributed by atoms with Gasteiger partial charge in [0.1, 0.15) is 5.41 Å². The number of aliphatic hydroxyl groups is 1. The summed E-state index contributed by atoms with van der Waals surface area (Å²) in [5.41, 5.74) is -1.26. The number of carbonyl (C=O) groups excluding carboxylic acids is 2. The molecule has 0 aromatic rings. The highest BCUT2D eigenvalue weighted by atomic mass is 16.5. The van der Waals surface area contributed by atoms with Gasteiger partial charge in [0, 0.05) is 6.42 Å². The van der Waals surface area contributed by atoms with Gasteiger partial charge in [0.25, 0.3) is 0 Å². The molecule has 4 nitrogen and oxygen atoms in total. The maximum Gasteiger partial charge on any atom is 0.321 e. The number of methoxy groups -OCH3 is 1. The highest BCUT2D eigenvalue weighted by Gasteiger charge is 2.47. The Morgan fingerprint density at radius 3 is 2.77 bits per heavy atom. The summed E-state index contributed by atoms with van der Waals surface area (Å²) in [5.74, 6) is -0.784. The quantitative estimate of drug-likeness (QED) is 0.497. The summed E-state index contributed by atoms with van der Waals surface area (Å²) in [5, 5.41) is 9.09. The van der Waals surface area contributed by atoms with Gasteiger partial charge in [0.2, 0.25) is 0 Å². The van der Waals surface area contributed by atoms with E-state index in [-0.39, 0.29) is 5.78 Å². The van der Waals surface area contributed by atoms with Crippen LogP contribution in [0.5, 0.6) is 0 Å². The van der Waals surface area contributed by atoms with E-state index in [1.165, 1.54) is 7.11 Å². The number of esters is 1. The van der Waals surface area contributed by atoms with Crippen LogP contribution >= 0.6 is 0 Å². The molecule has 0 saturated heterocycles. The van der Waals surface area contributed by atoms with Gasteiger partial charge in [-0.05, 0) is 12.8 Å². The van der Waals surface area contributed by atoms with E-state index in [1.807, 2.05) is 0 Å². The first kappa shape index (κ1) is 10.2. The maximum atomic E-state index is 11.5. The first-order valence-electron chi connectivity index (χ1n) is 4.40. The molecule has 0 amide bonds. The third-order valence-electron chi connectivity index (χ3n) is 2.64. The fourth-order valence-electron chi connectivity index (χ4n) is 1.73. The van der Waals surface area contributed by atoms with Gasteiger partial charge in [0.15, 0.2) is 5.78 Å². The van der Waals surface area contributed by atoms with Crippen molar-refractivity contribution in [3.8, 4) is 0 Å². The van der Waals surface area contributed by atoms with Crippen molar-refractivity contribution in [1.82, 2.24) is 0 Å². The van der Waals surface area contributed by atoms with Crippen LogP contribution in [0.3, 0.4) is 0 Å². The SMILES string of the molecule is COC(=O)[C@]1(CO)CCCCC1=O. The van der Waals surface area contributed by atoms with E-state index in [0.29, 0.717) is 12.8 Å². The topological polar surface area (TPSA) is 63.6 Å². The van der Waals surface area contributed by atoms with Crippen molar-refractivity contribution in [3.63, 3.8) is 0 Å². The van der Waals surface area contributed by atoms with Crippen molar-refractivity contribution in [2.45, 2.75) is 25.7 Å². The van der Waals surface area contributed by atoms with E-state index in [9.17, 15) is 9.59 Å². The molecule has 0 radical (unpaired) electrons. The number of aliphatic hydroxyl groups excluding tert-OH is 1. The van der Waals surface area contributed by atoms with Crippen molar-refractivity contribution in [1.29, 1.82) is 0 Å². The van der Waals surface area contributed by atoms with Crippen molar-refractivity contribution in [2.75, 3.05) is 13.7 Å². The average Bonchev–Trinajstić information content (AvgIpc) is 2.18. The molecule has 1 atom stereocenters. The van der Waals surface area contributed by atoms with E-state index in [4.69, 9.17) is 5.11 Å². The average molecular weight is 186 g/mol. The Bertz CT molecular complexity index is 214. The zero-order chi connectivity index (χ0) is 9.90. The number of Topliss-reactive ketones (excluding diaryl/α,β-unsaturated/α-hetero) is 1. The molecule has 1 fully saturated rings. The van der Waals surface area contributed by atoms with Crippen molar-refractivity contribution in [3.05, 3.63) is 0 Å². The van der Waals surface area contributed by atoms with Crippen LogP contribution in [0.4, 0.5) is 0 Å². The summed E-state index contributed by atoms with van der Waals surface area (Å²) in [4.78, 5) is 22.8. The van der Waals surface area contributed by atoms with E-state index >= 15 is 0 Å². The van der Waals surface area contributed by atoms with Gasteiger partial charge in [-0.1, -0.05) is 6.42 Å². The van der Waals surface area contributed by atoms with E-state index in [1.54, 1.807) is 0 Å². The molecule has 1 saturated carbocycles. The highest BCUT2D eigenvalue weighted by molar-refractivity contribution is 6.04. The Morgan fingerprint density at radius 1 is 1.62 bits per heavy atom. The number of hydrogen-bond acceptors (Lipinski definition) is 4. The zero-order valence-corrected chi connectivity index (χ0v) is 7.71. The standard InChI is InChI=1S/C9H14O4/c1-13-8(12)9(6-10)5-3-2-4-7(9)11/h10H,2-6H2,1H3/t9-/m0/s1. The molecule has 1 N–H and O–H groups in total. The summed E-state index contributed by atoms with van der Waals surface area (Å²) >= 11 is 0. The maximum absolute atomic E-state index is 11.5. The lowest BCUT2D eigenvalue weighted by molar-refractivity contribution is -0.163. The molecule has 0 unspecified atom stereocenters. The lowest BCUT2D eigenvalue weighted by Gasteiger charge is -2.30. The lowest BCUT2D eigenvalue weighted by atomic mass is 9.73. The second-order valence-electron chi connectivity index (χ2n) is 3.36. The van der Waals surface area contributed by atoms with Crippen LogP contribution in [0.15, 0.2) is 0 Å². The van der Waals surface area contributed by atoms with Crippen LogP contribution in [0.25, 0.3) is 0 Å². The molecule has 0 bridgehead atoms. The lowest BCUT2D eigenvalue weighted by Crippen LogP contribution is -2.45. The smallest absolute Gasteiger partial charge is 0.321 e. The third-order valence-corrected chi connectivity index (χ3v) is 2.64. The van der Waals surface area contributed by atoms with Gasteiger partial charge in [0.05, 0.1) is 13.7 Å². The summed E-state index contributed by atoms with van der Waals surface area (Å²) in [6, 6.07) is 0.